The van der Waals surface area contributed by atoms with E-state index in [0.717, 1.165) is 5.56 Å². The normalized spacial score (nSPS) is 16.9. The Morgan fingerprint density at radius 1 is 1.23 bits per heavy atom. The number of aromatic nitrogens is 1. The van der Waals surface area contributed by atoms with Crippen LogP contribution in [0.3, 0.4) is 0 Å². The molecule has 2 heterocycles. The second-order valence-electron chi connectivity index (χ2n) is 6.54. The Bertz CT molecular complexity index is 756. The fourth-order valence-electron chi connectivity index (χ4n) is 3.33. The zero-order chi connectivity index (χ0) is 18.6. The number of carbonyl (C=O) groups excluding carboxylic acids is 1. The first-order chi connectivity index (χ1) is 12.6. The summed E-state index contributed by atoms with van der Waals surface area (Å²) in [4.78, 5) is 18.9. The number of piperidine rings is 1. The van der Waals surface area contributed by atoms with Crippen LogP contribution < -0.4 is 9.47 Å². The standard InChI is InChI=1S/C20H24N2O4/c1-25-16-5-6-19(26-2)17(12-16)18(23)14-22-10-7-20(24,8-11-22)15-4-3-9-21-13-15/h3-6,9,12-13,24H,7-8,10-11,14H2,1-2H3. The van der Waals surface area contributed by atoms with Crippen LogP contribution in [0.4, 0.5) is 0 Å². The molecule has 0 radical (unpaired) electrons. The van der Waals surface area contributed by atoms with Gasteiger partial charge in [-0.05, 0) is 37.1 Å². The number of pyridine rings is 1. The number of aliphatic hydroxyl groups is 1. The van der Waals surface area contributed by atoms with Crippen molar-refractivity contribution in [1.82, 2.24) is 9.88 Å². The minimum atomic E-state index is -0.874. The van der Waals surface area contributed by atoms with Crippen LogP contribution >= 0.6 is 0 Å². The number of ether oxygens (including phenoxy) is 2. The zero-order valence-electron chi connectivity index (χ0n) is 15.1. The lowest BCUT2D eigenvalue weighted by Gasteiger charge is -2.38. The average molecular weight is 356 g/mol. The first-order valence-corrected chi connectivity index (χ1v) is 8.66. The van der Waals surface area contributed by atoms with Crippen molar-refractivity contribution in [3.05, 3.63) is 53.9 Å². The summed E-state index contributed by atoms with van der Waals surface area (Å²) in [5.41, 5.74) is 0.474. The van der Waals surface area contributed by atoms with E-state index in [4.69, 9.17) is 9.47 Å². The highest BCUT2D eigenvalue weighted by atomic mass is 16.5. The van der Waals surface area contributed by atoms with Crippen LogP contribution in [0.2, 0.25) is 0 Å². The minimum absolute atomic E-state index is 0.0208. The van der Waals surface area contributed by atoms with Crippen molar-refractivity contribution < 1.29 is 19.4 Å². The van der Waals surface area contributed by atoms with Crippen LogP contribution in [0.15, 0.2) is 42.7 Å². The number of methoxy groups -OCH3 is 2. The van der Waals surface area contributed by atoms with E-state index < -0.39 is 5.60 Å². The Morgan fingerprint density at radius 2 is 2.00 bits per heavy atom. The van der Waals surface area contributed by atoms with E-state index in [9.17, 15) is 9.90 Å². The van der Waals surface area contributed by atoms with E-state index in [1.807, 2.05) is 12.1 Å². The smallest absolute Gasteiger partial charge is 0.180 e. The number of benzene rings is 1. The van der Waals surface area contributed by atoms with Gasteiger partial charge in [0.05, 0.1) is 31.9 Å². The summed E-state index contributed by atoms with van der Waals surface area (Å²) in [5, 5.41) is 10.9. The summed E-state index contributed by atoms with van der Waals surface area (Å²) >= 11 is 0. The number of nitrogens with zero attached hydrogens (tertiary/aromatic N) is 2. The topological polar surface area (TPSA) is 71.9 Å². The number of Topliss-reactive ketones (excluding diaryl/α,β-unsaturated/α-hetero) is 1. The highest BCUT2D eigenvalue weighted by molar-refractivity contribution is 6.00. The van der Waals surface area contributed by atoms with E-state index in [0.29, 0.717) is 43.0 Å². The van der Waals surface area contributed by atoms with Gasteiger partial charge in [-0.3, -0.25) is 14.7 Å². The van der Waals surface area contributed by atoms with Gasteiger partial charge in [-0.15, -0.1) is 0 Å². The highest BCUT2D eigenvalue weighted by Crippen LogP contribution is 2.32. The lowest BCUT2D eigenvalue weighted by molar-refractivity contribution is -0.0247. The summed E-state index contributed by atoms with van der Waals surface area (Å²) in [6, 6.07) is 8.94. The van der Waals surface area contributed by atoms with Crippen LogP contribution in [0.5, 0.6) is 11.5 Å². The van der Waals surface area contributed by atoms with Crippen LogP contribution in [0, 0.1) is 0 Å². The number of hydrogen-bond donors (Lipinski definition) is 1. The average Bonchev–Trinajstić information content (AvgIpc) is 2.70. The number of rotatable bonds is 6. The maximum atomic E-state index is 12.7. The van der Waals surface area contributed by atoms with Crippen molar-refractivity contribution in [2.45, 2.75) is 18.4 Å². The first-order valence-electron chi connectivity index (χ1n) is 8.66. The molecule has 6 heteroatoms. The molecule has 1 aliphatic heterocycles. The third kappa shape index (κ3) is 3.86. The Morgan fingerprint density at radius 3 is 2.62 bits per heavy atom. The molecular weight excluding hydrogens is 332 g/mol. The maximum Gasteiger partial charge on any atom is 0.180 e. The van der Waals surface area contributed by atoms with Crippen LogP contribution in [0.25, 0.3) is 0 Å². The highest BCUT2D eigenvalue weighted by Gasteiger charge is 2.34. The number of ketones is 1. The van der Waals surface area contributed by atoms with Gasteiger partial charge in [-0.25, -0.2) is 0 Å². The molecule has 1 saturated heterocycles. The molecule has 26 heavy (non-hydrogen) atoms. The molecule has 0 atom stereocenters. The molecule has 3 rings (SSSR count). The van der Waals surface area contributed by atoms with Gasteiger partial charge in [0.2, 0.25) is 0 Å². The lowest BCUT2D eigenvalue weighted by atomic mass is 9.85. The van der Waals surface area contributed by atoms with Crippen molar-refractivity contribution in [1.29, 1.82) is 0 Å². The molecule has 0 bridgehead atoms. The third-order valence-electron chi connectivity index (χ3n) is 4.96. The quantitative estimate of drug-likeness (QED) is 0.801. The molecule has 0 spiro atoms. The summed E-state index contributed by atoms with van der Waals surface area (Å²) in [7, 11) is 3.12. The van der Waals surface area contributed by atoms with Gasteiger partial charge in [0.1, 0.15) is 11.5 Å². The van der Waals surface area contributed by atoms with Gasteiger partial charge < -0.3 is 14.6 Å². The third-order valence-corrected chi connectivity index (χ3v) is 4.96. The van der Waals surface area contributed by atoms with E-state index in [-0.39, 0.29) is 12.3 Å². The molecule has 1 fully saturated rings. The molecule has 0 unspecified atom stereocenters. The monoisotopic (exact) mass is 356 g/mol. The van der Waals surface area contributed by atoms with E-state index in [2.05, 4.69) is 9.88 Å². The van der Waals surface area contributed by atoms with E-state index in [1.165, 1.54) is 0 Å². The van der Waals surface area contributed by atoms with Gasteiger partial charge in [0.25, 0.3) is 0 Å². The molecule has 1 aliphatic rings. The fraction of sp³-hybridized carbons (Fsp3) is 0.400. The summed E-state index contributed by atoms with van der Waals surface area (Å²) in [6.07, 6.45) is 4.55. The largest absolute Gasteiger partial charge is 0.497 e. The fourth-order valence-corrected chi connectivity index (χ4v) is 3.33. The molecule has 0 saturated carbocycles. The van der Waals surface area contributed by atoms with Crippen LogP contribution in [-0.4, -0.2) is 54.6 Å². The van der Waals surface area contributed by atoms with Gasteiger partial charge in [-0.1, -0.05) is 6.07 Å². The van der Waals surface area contributed by atoms with Gasteiger partial charge >= 0.3 is 0 Å². The molecule has 1 aromatic carbocycles. The van der Waals surface area contributed by atoms with Gasteiger partial charge in [0, 0.05) is 31.0 Å². The molecule has 1 N–H and O–H groups in total. The zero-order valence-corrected chi connectivity index (χ0v) is 15.1. The summed E-state index contributed by atoms with van der Waals surface area (Å²) < 4.78 is 10.5. The summed E-state index contributed by atoms with van der Waals surface area (Å²) in [6.45, 7) is 1.57. The number of likely N-dealkylation sites (tertiary alicyclic amines) is 1. The van der Waals surface area contributed by atoms with Crippen LogP contribution in [0.1, 0.15) is 28.8 Å². The SMILES string of the molecule is COc1ccc(OC)c(C(=O)CN2CCC(O)(c3cccnc3)CC2)c1. The van der Waals surface area contributed by atoms with E-state index >= 15 is 0 Å². The minimum Gasteiger partial charge on any atom is -0.497 e. The Balaban J connectivity index is 1.65. The number of carbonyl (C=O) groups is 1. The summed E-state index contributed by atoms with van der Waals surface area (Å²) in [5.74, 6) is 1.14. The van der Waals surface area contributed by atoms with Crippen molar-refractivity contribution >= 4 is 5.78 Å². The molecular formula is C20H24N2O4. The molecule has 0 aliphatic carbocycles. The Labute approximate surface area is 153 Å². The van der Waals surface area contributed by atoms with Crippen LogP contribution in [-0.2, 0) is 5.60 Å². The Hall–Kier alpha value is -2.44. The van der Waals surface area contributed by atoms with E-state index in [1.54, 1.807) is 44.8 Å². The van der Waals surface area contributed by atoms with Crippen molar-refractivity contribution in [2.75, 3.05) is 33.9 Å². The number of hydrogen-bond acceptors (Lipinski definition) is 6. The Kier molecular flexibility index (Phi) is 5.54. The first kappa shape index (κ1) is 18.4. The maximum absolute atomic E-state index is 12.7. The second-order valence-corrected chi connectivity index (χ2v) is 6.54. The molecule has 6 nitrogen and oxygen atoms in total. The van der Waals surface area contributed by atoms with Crippen molar-refractivity contribution in [3.63, 3.8) is 0 Å². The van der Waals surface area contributed by atoms with Gasteiger partial charge in [-0.2, -0.15) is 0 Å². The van der Waals surface area contributed by atoms with Crippen molar-refractivity contribution in [3.8, 4) is 11.5 Å². The van der Waals surface area contributed by atoms with Crippen molar-refractivity contribution in [2.24, 2.45) is 0 Å². The predicted molar refractivity (Wildman–Crippen MR) is 97.7 cm³/mol. The van der Waals surface area contributed by atoms with Gasteiger partial charge in [0.15, 0.2) is 5.78 Å². The molecule has 2 aromatic rings. The molecule has 0 amide bonds. The molecule has 1 aromatic heterocycles. The predicted octanol–water partition coefficient (Wildman–Crippen LogP) is 2.27. The molecule has 138 valence electrons. The lowest BCUT2D eigenvalue weighted by Crippen LogP contribution is -2.44. The second kappa shape index (κ2) is 7.85.